The van der Waals surface area contributed by atoms with Crippen molar-refractivity contribution in [3.8, 4) is 0 Å². The number of thiophene rings is 1. The zero-order valence-corrected chi connectivity index (χ0v) is 11.8. The van der Waals surface area contributed by atoms with Crippen LogP contribution in [0.3, 0.4) is 0 Å². The number of hydrogen-bond donors (Lipinski definition) is 2. The van der Waals surface area contributed by atoms with Crippen LogP contribution in [0.15, 0.2) is 15.9 Å². The van der Waals surface area contributed by atoms with Crippen LogP contribution in [-0.2, 0) is 10.2 Å². The quantitative estimate of drug-likeness (QED) is 0.795. The highest BCUT2D eigenvalue weighted by molar-refractivity contribution is 9.10. The molecule has 0 bridgehead atoms. The lowest BCUT2D eigenvalue weighted by Crippen LogP contribution is -2.33. The summed E-state index contributed by atoms with van der Waals surface area (Å²) in [5, 5.41) is 13.8. The van der Waals surface area contributed by atoms with Gasteiger partial charge in [-0.3, -0.25) is 4.79 Å². The van der Waals surface area contributed by atoms with Crippen molar-refractivity contribution in [3.05, 3.63) is 20.8 Å². The molecule has 0 aromatic carbocycles. The summed E-state index contributed by atoms with van der Waals surface area (Å²) >= 11 is 5.16. The molecule has 90 valence electrons. The van der Waals surface area contributed by atoms with E-state index in [0.717, 1.165) is 11.0 Å². The third kappa shape index (κ3) is 4.23. The second-order valence-electron chi connectivity index (χ2n) is 4.33. The molecule has 1 heterocycles. The molecule has 1 rings (SSSR count). The fourth-order valence-electron chi connectivity index (χ4n) is 1.35. The fourth-order valence-corrected chi connectivity index (χ4v) is 2.91. The SMILES string of the molecule is CC(C)(CNCCC(=O)O)c1cc(Br)cs1. The van der Waals surface area contributed by atoms with Crippen molar-refractivity contribution in [2.24, 2.45) is 0 Å². The Bertz CT molecular complexity index is 363. The van der Waals surface area contributed by atoms with Crippen molar-refractivity contribution in [3.63, 3.8) is 0 Å². The highest BCUT2D eigenvalue weighted by Gasteiger charge is 2.21. The molecule has 5 heteroatoms. The molecule has 0 amide bonds. The summed E-state index contributed by atoms with van der Waals surface area (Å²) in [7, 11) is 0. The Morgan fingerprint density at radius 1 is 1.62 bits per heavy atom. The molecule has 0 saturated carbocycles. The van der Waals surface area contributed by atoms with Crippen LogP contribution in [0.5, 0.6) is 0 Å². The number of halogens is 1. The van der Waals surface area contributed by atoms with E-state index >= 15 is 0 Å². The van der Waals surface area contributed by atoms with Gasteiger partial charge in [0.2, 0.25) is 0 Å². The van der Waals surface area contributed by atoms with Gasteiger partial charge >= 0.3 is 5.97 Å². The Morgan fingerprint density at radius 2 is 2.31 bits per heavy atom. The predicted octanol–water partition coefficient (Wildman–Crippen LogP) is 2.85. The lowest BCUT2D eigenvalue weighted by atomic mass is 9.91. The highest BCUT2D eigenvalue weighted by atomic mass is 79.9. The zero-order chi connectivity index (χ0) is 12.2. The molecule has 0 radical (unpaired) electrons. The van der Waals surface area contributed by atoms with Crippen molar-refractivity contribution in [2.45, 2.75) is 25.7 Å². The summed E-state index contributed by atoms with van der Waals surface area (Å²) in [4.78, 5) is 11.6. The predicted molar refractivity (Wildman–Crippen MR) is 70.2 cm³/mol. The number of hydrogen-bond acceptors (Lipinski definition) is 3. The van der Waals surface area contributed by atoms with E-state index in [0.29, 0.717) is 6.54 Å². The maximum Gasteiger partial charge on any atom is 0.304 e. The molecule has 1 aromatic rings. The van der Waals surface area contributed by atoms with Gasteiger partial charge in [0.15, 0.2) is 0 Å². The first kappa shape index (κ1) is 13.7. The minimum atomic E-state index is -0.760. The van der Waals surface area contributed by atoms with Crippen molar-refractivity contribution in [2.75, 3.05) is 13.1 Å². The van der Waals surface area contributed by atoms with E-state index in [9.17, 15) is 4.79 Å². The van der Waals surface area contributed by atoms with Crippen LogP contribution in [0.1, 0.15) is 25.1 Å². The standard InChI is InChI=1S/C11H16BrNO2S/c1-11(2,7-13-4-3-10(14)15)9-5-8(12)6-16-9/h5-6,13H,3-4,7H2,1-2H3,(H,14,15). The lowest BCUT2D eigenvalue weighted by molar-refractivity contribution is -0.136. The van der Waals surface area contributed by atoms with Gasteiger partial charge < -0.3 is 10.4 Å². The first-order chi connectivity index (χ1) is 7.42. The van der Waals surface area contributed by atoms with Crippen LogP contribution >= 0.6 is 27.3 Å². The number of carbonyl (C=O) groups is 1. The second kappa shape index (κ2) is 5.80. The molecule has 0 fully saturated rings. The van der Waals surface area contributed by atoms with Crippen LogP contribution in [0.4, 0.5) is 0 Å². The Balaban J connectivity index is 2.43. The molecule has 0 aliphatic carbocycles. The van der Waals surface area contributed by atoms with Gasteiger partial charge in [0.25, 0.3) is 0 Å². The van der Waals surface area contributed by atoms with Crippen LogP contribution in [0.2, 0.25) is 0 Å². The second-order valence-corrected chi connectivity index (χ2v) is 6.16. The molecule has 0 aliphatic heterocycles. The van der Waals surface area contributed by atoms with Gasteiger partial charge in [-0.2, -0.15) is 0 Å². The molecule has 0 unspecified atom stereocenters. The van der Waals surface area contributed by atoms with Crippen molar-refractivity contribution >= 4 is 33.2 Å². The Morgan fingerprint density at radius 3 is 2.81 bits per heavy atom. The summed E-state index contributed by atoms with van der Waals surface area (Å²) < 4.78 is 1.10. The first-order valence-corrected chi connectivity index (χ1v) is 6.76. The first-order valence-electron chi connectivity index (χ1n) is 5.09. The lowest BCUT2D eigenvalue weighted by Gasteiger charge is -2.23. The van der Waals surface area contributed by atoms with Gasteiger partial charge in [0.1, 0.15) is 0 Å². The molecule has 16 heavy (non-hydrogen) atoms. The largest absolute Gasteiger partial charge is 0.481 e. The number of aliphatic carboxylic acids is 1. The van der Waals surface area contributed by atoms with Crippen LogP contribution < -0.4 is 5.32 Å². The molecule has 2 N–H and O–H groups in total. The van der Waals surface area contributed by atoms with Crippen LogP contribution in [0, 0.1) is 0 Å². The topological polar surface area (TPSA) is 49.3 Å². The van der Waals surface area contributed by atoms with Gasteiger partial charge in [0.05, 0.1) is 6.42 Å². The Hall–Kier alpha value is -0.390. The number of carboxylic acid groups (broad SMARTS) is 1. The maximum absolute atomic E-state index is 10.4. The van der Waals surface area contributed by atoms with E-state index in [2.05, 4.69) is 46.5 Å². The average molecular weight is 306 g/mol. The van der Waals surface area contributed by atoms with Gasteiger partial charge in [-0.25, -0.2) is 0 Å². The molecule has 1 aromatic heterocycles. The summed E-state index contributed by atoms with van der Waals surface area (Å²) in [6.45, 7) is 5.61. The van der Waals surface area contributed by atoms with E-state index in [4.69, 9.17) is 5.11 Å². The molecule has 0 atom stereocenters. The smallest absolute Gasteiger partial charge is 0.304 e. The van der Waals surface area contributed by atoms with Gasteiger partial charge in [-0.05, 0) is 22.0 Å². The van der Waals surface area contributed by atoms with Crippen LogP contribution in [0.25, 0.3) is 0 Å². The average Bonchev–Trinajstić information content (AvgIpc) is 2.60. The van der Waals surface area contributed by atoms with Crippen molar-refractivity contribution in [1.82, 2.24) is 5.32 Å². The molecular weight excluding hydrogens is 290 g/mol. The van der Waals surface area contributed by atoms with E-state index in [1.165, 1.54) is 4.88 Å². The van der Waals surface area contributed by atoms with E-state index in [-0.39, 0.29) is 11.8 Å². The summed E-state index contributed by atoms with van der Waals surface area (Å²) in [5.41, 5.74) is 0.0369. The normalized spacial score (nSPS) is 11.7. The summed E-state index contributed by atoms with van der Waals surface area (Å²) in [5.74, 6) is -0.760. The molecule has 0 spiro atoms. The molecule has 0 aliphatic rings. The minimum Gasteiger partial charge on any atom is -0.481 e. The number of rotatable bonds is 6. The van der Waals surface area contributed by atoms with Gasteiger partial charge in [-0.15, -0.1) is 11.3 Å². The Kier molecular flexibility index (Phi) is 4.95. The van der Waals surface area contributed by atoms with Crippen molar-refractivity contribution < 1.29 is 9.90 Å². The van der Waals surface area contributed by atoms with Crippen LogP contribution in [-0.4, -0.2) is 24.2 Å². The third-order valence-electron chi connectivity index (χ3n) is 2.32. The zero-order valence-electron chi connectivity index (χ0n) is 9.42. The van der Waals surface area contributed by atoms with E-state index in [1.54, 1.807) is 11.3 Å². The molecular formula is C11H16BrNO2S. The highest BCUT2D eigenvalue weighted by Crippen LogP contribution is 2.30. The summed E-state index contributed by atoms with van der Waals surface area (Å²) in [6.07, 6.45) is 0.171. The monoisotopic (exact) mass is 305 g/mol. The minimum absolute atomic E-state index is 0.0369. The fraction of sp³-hybridized carbons (Fsp3) is 0.545. The van der Waals surface area contributed by atoms with E-state index in [1.807, 2.05) is 0 Å². The maximum atomic E-state index is 10.4. The molecule has 3 nitrogen and oxygen atoms in total. The van der Waals surface area contributed by atoms with Gasteiger partial charge in [-0.1, -0.05) is 13.8 Å². The van der Waals surface area contributed by atoms with Crippen molar-refractivity contribution in [1.29, 1.82) is 0 Å². The summed E-state index contributed by atoms with van der Waals surface area (Å²) in [6, 6.07) is 2.11. The number of carboxylic acids is 1. The number of nitrogens with one attached hydrogen (secondary N) is 1. The van der Waals surface area contributed by atoms with E-state index < -0.39 is 5.97 Å². The van der Waals surface area contributed by atoms with Gasteiger partial charge in [0, 0.05) is 33.2 Å². The Labute approximate surface area is 108 Å². The third-order valence-corrected chi connectivity index (χ3v) is 4.37. The molecule has 0 saturated heterocycles.